The van der Waals surface area contributed by atoms with Crippen molar-refractivity contribution >= 4 is 35.5 Å². The van der Waals surface area contributed by atoms with Crippen LogP contribution in [0.25, 0.3) is 0 Å². The standard InChI is InChI=1S/C20H23N5O5.C2HF3O2/c1-2-30-18(27)10-16(14-6-4-8-22-11-14)25-17(26)12-23-19(28)13-5-3-7-15(9-13)24-20(21)29;3-2(4,5)1(6)7/h3-9,11,16H,2,10,12H2,1H3,(H,23,28)(H,25,26)(H3,21,24,29);(H,6,7). The molecule has 0 spiro atoms. The minimum Gasteiger partial charge on any atom is -0.475 e. The number of halogens is 3. The second-order valence-electron chi connectivity index (χ2n) is 6.97. The Morgan fingerprint density at radius 2 is 1.81 bits per heavy atom. The second-order valence-corrected chi connectivity index (χ2v) is 6.97. The number of nitrogens with zero attached hydrogens (tertiary/aromatic N) is 1. The van der Waals surface area contributed by atoms with Gasteiger partial charge in [-0.05, 0) is 36.8 Å². The number of carboxylic acids is 1. The number of pyridine rings is 1. The van der Waals surface area contributed by atoms with Crippen LogP contribution in [0, 0.1) is 0 Å². The van der Waals surface area contributed by atoms with E-state index < -0.39 is 42.0 Å². The quantitative estimate of drug-likeness (QED) is 0.305. The largest absolute Gasteiger partial charge is 0.490 e. The van der Waals surface area contributed by atoms with E-state index in [1.54, 1.807) is 43.6 Å². The van der Waals surface area contributed by atoms with Gasteiger partial charge in [-0.1, -0.05) is 12.1 Å². The van der Waals surface area contributed by atoms with Gasteiger partial charge in [-0.3, -0.25) is 19.4 Å². The number of hydrogen-bond acceptors (Lipinski definition) is 7. The van der Waals surface area contributed by atoms with Crippen LogP contribution in [-0.2, 0) is 19.1 Å². The molecule has 2 aromatic rings. The summed E-state index contributed by atoms with van der Waals surface area (Å²) in [6.45, 7) is 1.61. The van der Waals surface area contributed by atoms with E-state index in [0.717, 1.165) is 0 Å². The van der Waals surface area contributed by atoms with Crippen molar-refractivity contribution in [2.45, 2.75) is 25.6 Å². The summed E-state index contributed by atoms with van der Waals surface area (Å²) < 4.78 is 36.7. The fraction of sp³-hybridized carbons (Fsp3) is 0.273. The van der Waals surface area contributed by atoms with Gasteiger partial charge in [-0.2, -0.15) is 13.2 Å². The molecule has 0 saturated carbocycles. The van der Waals surface area contributed by atoms with Gasteiger partial charge in [0.25, 0.3) is 5.91 Å². The van der Waals surface area contributed by atoms with Gasteiger partial charge in [0.2, 0.25) is 5.91 Å². The Kier molecular flexibility index (Phi) is 12.0. The van der Waals surface area contributed by atoms with Gasteiger partial charge in [0.05, 0.1) is 25.6 Å². The lowest BCUT2D eigenvalue weighted by Gasteiger charge is -2.18. The number of primary amides is 1. The number of amides is 4. The summed E-state index contributed by atoms with van der Waals surface area (Å²) in [5, 5.41) is 14.7. The second kappa shape index (κ2) is 14.7. The third-order valence-electron chi connectivity index (χ3n) is 4.14. The Labute approximate surface area is 208 Å². The number of carboxylic acid groups (broad SMARTS) is 1. The number of nitrogens with one attached hydrogen (secondary N) is 3. The smallest absolute Gasteiger partial charge is 0.475 e. The van der Waals surface area contributed by atoms with Crippen LogP contribution in [0.5, 0.6) is 0 Å². The average Bonchev–Trinajstić information content (AvgIpc) is 2.82. The number of esters is 1. The van der Waals surface area contributed by atoms with E-state index in [9.17, 15) is 32.3 Å². The van der Waals surface area contributed by atoms with Crippen LogP contribution in [0.3, 0.4) is 0 Å². The van der Waals surface area contributed by atoms with Crippen molar-refractivity contribution < 1.29 is 47.0 Å². The Bertz CT molecular complexity index is 1100. The fourth-order valence-corrected chi connectivity index (χ4v) is 2.61. The summed E-state index contributed by atoms with van der Waals surface area (Å²) in [4.78, 5) is 60.3. The summed E-state index contributed by atoms with van der Waals surface area (Å²) in [6, 6.07) is 8.11. The minimum atomic E-state index is -5.08. The van der Waals surface area contributed by atoms with Gasteiger partial charge in [0.1, 0.15) is 0 Å². The lowest BCUT2D eigenvalue weighted by molar-refractivity contribution is -0.192. The van der Waals surface area contributed by atoms with E-state index in [1.807, 2.05) is 0 Å². The normalized spacial score (nSPS) is 11.1. The van der Waals surface area contributed by atoms with Crippen LogP contribution >= 0.6 is 0 Å². The predicted molar refractivity (Wildman–Crippen MR) is 122 cm³/mol. The molecule has 0 fully saturated rings. The summed E-state index contributed by atoms with van der Waals surface area (Å²) in [6.07, 6.45) is -2.03. The molecule has 200 valence electrons. The molecular formula is C22H24F3N5O7. The summed E-state index contributed by atoms with van der Waals surface area (Å²) in [5.41, 5.74) is 6.28. The Hall–Kier alpha value is -4.69. The van der Waals surface area contributed by atoms with Crippen LogP contribution in [0.4, 0.5) is 23.7 Å². The number of alkyl halides is 3. The van der Waals surface area contributed by atoms with E-state index in [2.05, 4.69) is 20.9 Å². The average molecular weight is 527 g/mol. The molecule has 12 nitrogen and oxygen atoms in total. The molecule has 1 aromatic heterocycles. The molecule has 6 N–H and O–H groups in total. The van der Waals surface area contributed by atoms with Gasteiger partial charge in [0, 0.05) is 23.6 Å². The van der Waals surface area contributed by atoms with Crippen LogP contribution < -0.4 is 21.7 Å². The monoisotopic (exact) mass is 527 g/mol. The number of anilines is 1. The van der Waals surface area contributed by atoms with Gasteiger partial charge in [0.15, 0.2) is 0 Å². The maximum Gasteiger partial charge on any atom is 0.490 e. The molecule has 1 aromatic carbocycles. The molecule has 4 amide bonds. The van der Waals surface area contributed by atoms with Gasteiger partial charge < -0.3 is 31.5 Å². The van der Waals surface area contributed by atoms with Crippen LogP contribution in [0.15, 0.2) is 48.8 Å². The number of aliphatic carboxylic acids is 1. The van der Waals surface area contributed by atoms with Crippen LogP contribution in [0.2, 0.25) is 0 Å². The van der Waals surface area contributed by atoms with Crippen LogP contribution in [-0.4, -0.2) is 59.2 Å². The summed E-state index contributed by atoms with van der Waals surface area (Å²) in [5.74, 6) is -4.23. The first-order valence-corrected chi connectivity index (χ1v) is 10.4. The van der Waals surface area contributed by atoms with Crippen molar-refractivity contribution in [1.29, 1.82) is 0 Å². The SMILES string of the molecule is CCOC(=O)CC(NC(=O)CNC(=O)c1cccc(NC(N)=O)c1)c1cccnc1.O=C(O)C(F)(F)F. The van der Waals surface area contributed by atoms with Gasteiger partial charge in [-0.15, -0.1) is 0 Å². The highest BCUT2D eigenvalue weighted by molar-refractivity contribution is 5.98. The minimum absolute atomic E-state index is 0.0694. The fourth-order valence-electron chi connectivity index (χ4n) is 2.61. The van der Waals surface area contributed by atoms with E-state index in [1.165, 1.54) is 12.1 Å². The van der Waals surface area contributed by atoms with Crippen molar-refractivity contribution in [2.24, 2.45) is 5.73 Å². The zero-order chi connectivity index (χ0) is 28.0. The highest BCUT2D eigenvalue weighted by Crippen LogP contribution is 2.16. The van der Waals surface area contributed by atoms with Gasteiger partial charge in [-0.25, -0.2) is 9.59 Å². The van der Waals surface area contributed by atoms with E-state index in [0.29, 0.717) is 11.3 Å². The number of ether oxygens (including phenoxy) is 1. The van der Waals surface area contributed by atoms with E-state index in [4.69, 9.17) is 20.4 Å². The van der Waals surface area contributed by atoms with Crippen molar-refractivity contribution in [1.82, 2.24) is 15.6 Å². The summed E-state index contributed by atoms with van der Waals surface area (Å²) >= 11 is 0. The molecule has 1 unspecified atom stereocenters. The Morgan fingerprint density at radius 3 is 2.35 bits per heavy atom. The summed E-state index contributed by atoms with van der Waals surface area (Å²) in [7, 11) is 0. The van der Waals surface area contributed by atoms with E-state index in [-0.39, 0.29) is 25.1 Å². The number of carbonyl (C=O) groups excluding carboxylic acids is 4. The molecule has 0 radical (unpaired) electrons. The molecule has 0 aliphatic rings. The number of hydrogen-bond donors (Lipinski definition) is 5. The van der Waals surface area contributed by atoms with Crippen molar-refractivity contribution in [2.75, 3.05) is 18.5 Å². The van der Waals surface area contributed by atoms with Crippen LogP contribution in [0.1, 0.15) is 35.3 Å². The number of carbonyl (C=O) groups is 5. The molecule has 0 aliphatic carbocycles. The lowest BCUT2D eigenvalue weighted by atomic mass is 10.1. The molecule has 37 heavy (non-hydrogen) atoms. The first-order valence-electron chi connectivity index (χ1n) is 10.4. The Balaban J connectivity index is 0.000000856. The topological polar surface area (TPSA) is 190 Å². The van der Waals surface area contributed by atoms with E-state index >= 15 is 0 Å². The number of rotatable bonds is 9. The number of aromatic nitrogens is 1. The lowest BCUT2D eigenvalue weighted by Crippen LogP contribution is -2.39. The Morgan fingerprint density at radius 1 is 1.14 bits per heavy atom. The predicted octanol–water partition coefficient (Wildman–Crippen LogP) is 1.75. The highest BCUT2D eigenvalue weighted by atomic mass is 19.4. The molecule has 0 saturated heterocycles. The maximum atomic E-state index is 12.3. The van der Waals surface area contributed by atoms with Crippen molar-refractivity contribution in [3.63, 3.8) is 0 Å². The number of urea groups is 1. The van der Waals surface area contributed by atoms with Gasteiger partial charge >= 0.3 is 24.1 Å². The van der Waals surface area contributed by atoms with Crippen molar-refractivity contribution in [3.05, 3.63) is 59.9 Å². The maximum absolute atomic E-state index is 12.3. The number of benzene rings is 1. The number of nitrogens with two attached hydrogens (primary N) is 1. The molecule has 0 bridgehead atoms. The molecule has 0 aliphatic heterocycles. The first-order chi connectivity index (χ1) is 17.3. The van der Waals surface area contributed by atoms with Crippen molar-refractivity contribution in [3.8, 4) is 0 Å². The third-order valence-corrected chi connectivity index (χ3v) is 4.14. The highest BCUT2D eigenvalue weighted by Gasteiger charge is 2.38. The zero-order valence-corrected chi connectivity index (χ0v) is 19.4. The first kappa shape index (κ1) is 30.3. The third kappa shape index (κ3) is 12.0. The zero-order valence-electron chi connectivity index (χ0n) is 19.4. The molecule has 1 atom stereocenters. The molecule has 1 heterocycles. The molecular weight excluding hydrogens is 503 g/mol. The molecule has 15 heteroatoms. The molecule has 2 rings (SSSR count).